The van der Waals surface area contributed by atoms with Gasteiger partial charge in [-0.3, -0.25) is 0 Å². The van der Waals surface area contributed by atoms with Crippen LogP contribution in [0.5, 0.6) is 0 Å². The van der Waals surface area contributed by atoms with Gasteiger partial charge in [-0.25, -0.2) is 0 Å². The molecule has 0 aromatic heterocycles. The molecule has 0 aliphatic carbocycles. The molecule has 1 heterocycles. The fourth-order valence-electron chi connectivity index (χ4n) is 1.72. The monoisotopic (exact) mass is 176 g/mol. The lowest BCUT2D eigenvalue weighted by Crippen LogP contribution is -2.35. The van der Waals surface area contributed by atoms with Gasteiger partial charge >= 0.3 is 7.05 Å². The average Bonchev–Trinajstić information content (AvgIpc) is 2.48. The Balaban J connectivity index is 2.18. The summed E-state index contributed by atoms with van der Waals surface area (Å²) >= 11 is 0. The van der Waals surface area contributed by atoms with E-state index in [4.69, 9.17) is 0 Å². The minimum atomic E-state index is -0.460. The van der Waals surface area contributed by atoms with Crippen molar-refractivity contribution < 1.29 is 5.02 Å². The average molecular weight is 176 g/mol. The van der Waals surface area contributed by atoms with Crippen molar-refractivity contribution in [2.45, 2.75) is 12.9 Å². The van der Waals surface area contributed by atoms with Gasteiger partial charge in [0.1, 0.15) is 0 Å². The number of benzene rings is 1. The first-order valence-electron chi connectivity index (χ1n) is 4.54. The minimum Gasteiger partial charge on any atom is -0.437 e. The molecular formula is C9H13BN2O. The van der Waals surface area contributed by atoms with Gasteiger partial charge in [0.05, 0.1) is 0 Å². The van der Waals surface area contributed by atoms with Gasteiger partial charge in [0, 0.05) is 18.3 Å². The first-order chi connectivity index (χ1) is 6.27. The predicted octanol–water partition coefficient (Wildman–Crippen LogP) is 0.853. The van der Waals surface area contributed by atoms with Crippen molar-refractivity contribution >= 4 is 12.7 Å². The molecule has 0 fully saturated rings. The highest BCUT2D eigenvalue weighted by atomic mass is 16.2. The smallest absolute Gasteiger partial charge is 0.374 e. The molecule has 0 saturated carbocycles. The van der Waals surface area contributed by atoms with Crippen molar-refractivity contribution in [1.82, 2.24) is 5.23 Å². The second-order valence-corrected chi connectivity index (χ2v) is 3.36. The molecule has 2 rings (SSSR count). The maximum atomic E-state index is 9.20. The first-order valence-corrected chi connectivity index (χ1v) is 4.54. The third-order valence-electron chi connectivity index (χ3n) is 2.28. The van der Waals surface area contributed by atoms with Gasteiger partial charge in [-0.05, 0) is 18.5 Å². The second kappa shape index (κ2) is 3.40. The second-order valence-electron chi connectivity index (χ2n) is 3.36. The highest BCUT2D eigenvalue weighted by Crippen LogP contribution is 2.28. The molecule has 1 unspecified atom stereocenters. The third-order valence-corrected chi connectivity index (χ3v) is 2.28. The van der Waals surface area contributed by atoms with Gasteiger partial charge in [-0.2, -0.15) is 0 Å². The molecule has 1 aliphatic rings. The van der Waals surface area contributed by atoms with Crippen LogP contribution in [0.2, 0.25) is 6.82 Å². The van der Waals surface area contributed by atoms with Crippen molar-refractivity contribution in [3.05, 3.63) is 29.8 Å². The van der Waals surface area contributed by atoms with Crippen LogP contribution in [0.25, 0.3) is 0 Å². The van der Waals surface area contributed by atoms with Crippen LogP contribution in [0.15, 0.2) is 24.3 Å². The van der Waals surface area contributed by atoms with Crippen molar-refractivity contribution in [2.75, 3.05) is 11.9 Å². The largest absolute Gasteiger partial charge is 0.437 e. The Bertz CT molecular complexity index is 303. The van der Waals surface area contributed by atoms with Crippen molar-refractivity contribution in [3.8, 4) is 0 Å². The number of fused-ring (bicyclic) bond motifs is 1. The number of hydrogen-bond donors (Lipinski definition) is 3. The summed E-state index contributed by atoms with van der Waals surface area (Å²) in [6, 6.07) is 8.39. The number of anilines is 1. The van der Waals surface area contributed by atoms with Gasteiger partial charge in [0.15, 0.2) is 0 Å². The molecule has 0 radical (unpaired) electrons. The van der Waals surface area contributed by atoms with Crippen LogP contribution in [0.1, 0.15) is 11.6 Å². The Kier molecular flexibility index (Phi) is 2.25. The Hall–Kier alpha value is -0.995. The molecule has 3 N–H and O–H groups in total. The van der Waals surface area contributed by atoms with E-state index in [1.165, 1.54) is 11.3 Å². The summed E-state index contributed by atoms with van der Waals surface area (Å²) in [7, 11) is -0.460. The molecular weight excluding hydrogens is 163 g/mol. The summed E-state index contributed by atoms with van der Waals surface area (Å²) in [6.45, 7) is 2.59. The van der Waals surface area contributed by atoms with Gasteiger partial charge in [-0.15, -0.1) is 0 Å². The van der Waals surface area contributed by atoms with E-state index in [0.29, 0.717) is 0 Å². The summed E-state index contributed by atoms with van der Waals surface area (Å²) in [5.74, 6) is 0. The van der Waals surface area contributed by atoms with E-state index >= 15 is 0 Å². The molecule has 1 aliphatic heterocycles. The Morgan fingerprint density at radius 2 is 2.31 bits per heavy atom. The standard InChI is InChI=1S/C9H13BN2O/c1-10(13)12-9-6-11-8-5-3-2-4-7(8)9/h2-5,9,11-13H,6H2,1H3. The zero-order valence-electron chi connectivity index (χ0n) is 7.62. The molecule has 4 heteroatoms. The van der Waals surface area contributed by atoms with Crippen LogP contribution in [-0.4, -0.2) is 18.6 Å². The van der Waals surface area contributed by atoms with E-state index in [0.717, 1.165) is 6.54 Å². The molecule has 1 aromatic rings. The maximum absolute atomic E-state index is 9.20. The van der Waals surface area contributed by atoms with Crippen LogP contribution < -0.4 is 10.5 Å². The van der Waals surface area contributed by atoms with E-state index in [2.05, 4.69) is 22.7 Å². The molecule has 13 heavy (non-hydrogen) atoms. The molecule has 1 aromatic carbocycles. The molecule has 0 amide bonds. The summed E-state index contributed by atoms with van der Waals surface area (Å²) in [5.41, 5.74) is 2.41. The van der Waals surface area contributed by atoms with Crippen molar-refractivity contribution in [2.24, 2.45) is 0 Å². The summed E-state index contributed by atoms with van der Waals surface area (Å²) in [6.07, 6.45) is 0. The lowest BCUT2D eigenvalue weighted by molar-refractivity contribution is 0.533. The van der Waals surface area contributed by atoms with Gasteiger partial charge in [0.2, 0.25) is 0 Å². The van der Waals surface area contributed by atoms with E-state index in [-0.39, 0.29) is 6.04 Å². The van der Waals surface area contributed by atoms with E-state index in [1.54, 1.807) is 6.82 Å². The van der Waals surface area contributed by atoms with E-state index in [1.807, 2.05) is 12.1 Å². The summed E-state index contributed by atoms with van der Waals surface area (Å²) < 4.78 is 0. The lowest BCUT2D eigenvalue weighted by Gasteiger charge is -2.12. The van der Waals surface area contributed by atoms with Gasteiger partial charge in [0.25, 0.3) is 0 Å². The number of rotatable bonds is 2. The normalized spacial score (nSPS) is 19.4. The molecule has 0 saturated heterocycles. The number of hydrogen-bond acceptors (Lipinski definition) is 3. The maximum Gasteiger partial charge on any atom is 0.374 e. The minimum absolute atomic E-state index is 0.233. The fourth-order valence-corrected chi connectivity index (χ4v) is 1.72. The molecule has 68 valence electrons. The quantitative estimate of drug-likeness (QED) is 0.585. The van der Waals surface area contributed by atoms with Crippen LogP contribution in [-0.2, 0) is 0 Å². The Morgan fingerprint density at radius 1 is 1.54 bits per heavy atom. The molecule has 0 bridgehead atoms. The van der Waals surface area contributed by atoms with Crippen LogP contribution >= 0.6 is 0 Å². The van der Waals surface area contributed by atoms with Crippen LogP contribution in [0, 0.1) is 0 Å². The highest BCUT2D eigenvalue weighted by molar-refractivity contribution is 6.45. The van der Waals surface area contributed by atoms with Crippen molar-refractivity contribution in [1.29, 1.82) is 0 Å². The topological polar surface area (TPSA) is 44.3 Å². The zero-order chi connectivity index (χ0) is 9.26. The zero-order valence-corrected chi connectivity index (χ0v) is 7.62. The Labute approximate surface area is 78.3 Å². The van der Waals surface area contributed by atoms with E-state index in [9.17, 15) is 5.02 Å². The lowest BCUT2D eigenvalue weighted by atomic mass is 9.86. The molecule has 3 nitrogen and oxygen atoms in total. The first kappa shape index (κ1) is 8.60. The predicted molar refractivity (Wildman–Crippen MR) is 54.6 cm³/mol. The molecule has 1 atom stereocenters. The van der Waals surface area contributed by atoms with Gasteiger partial charge in [-0.1, -0.05) is 18.2 Å². The highest BCUT2D eigenvalue weighted by Gasteiger charge is 2.22. The summed E-state index contributed by atoms with van der Waals surface area (Å²) in [5, 5.41) is 15.6. The van der Waals surface area contributed by atoms with E-state index < -0.39 is 7.05 Å². The Morgan fingerprint density at radius 3 is 3.08 bits per heavy atom. The third kappa shape index (κ3) is 1.69. The number of para-hydroxylation sites is 1. The number of nitrogens with one attached hydrogen (secondary N) is 2. The SMILES string of the molecule is CB(O)NC1CNc2ccccc21. The van der Waals surface area contributed by atoms with Crippen LogP contribution in [0.3, 0.4) is 0 Å². The summed E-state index contributed by atoms with van der Waals surface area (Å²) in [4.78, 5) is 0. The van der Waals surface area contributed by atoms with Crippen molar-refractivity contribution in [3.63, 3.8) is 0 Å². The van der Waals surface area contributed by atoms with Crippen LogP contribution in [0.4, 0.5) is 5.69 Å². The van der Waals surface area contributed by atoms with Gasteiger partial charge < -0.3 is 15.6 Å². The fraction of sp³-hybridized carbons (Fsp3) is 0.333. The molecule has 0 spiro atoms.